The number of carbonyl (C=O) groups excluding carboxylic acids is 1. The number of benzene rings is 1. The van der Waals surface area contributed by atoms with Gasteiger partial charge in [-0.05, 0) is 36.2 Å². The summed E-state index contributed by atoms with van der Waals surface area (Å²) < 4.78 is 50.1. The van der Waals surface area contributed by atoms with Gasteiger partial charge in [-0.3, -0.25) is 4.98 Å². The van der Waals surface area contributed by atoms with E-state index < -0.39 is 11.7 Å². The van der Waals surface area contributed by atoms with Crippen LogP contribution in [0.2, 0.25) is 0 Å². The van der Waals surface area contributed by atoms with Crippen molar-refractivity contribution < 1.29 is 27.2 Å². The highest BCUT2D eigenvalue weighted by Gasteiger charge is 2.37. The van der Waals surface area contributed by atoms with Crippen LogP contribution in [0.3, 0.4) is 0 Å². The Morgan fingerprint density at radius 2 is 1.74 bits per heavy atom. The van der Waals surface area contributed by atoms with Gasteiger partial charge in [0.15, 0.2) is 0 Å². The van der Waals surface area contributed by atoms with Crippen molar-refractivity contribution in [3.63, 3.8) is 0 Å². The molecule has 5 rings (SSSR count). The summed E-state index contributed by atoms with van der Waals surface area (Å²) in [6.07, 6.45) is -0.560. The number of hydrogen-bond donors (Lipinski definition) is 0. The van der Waals surface area contributed by atoms with E-state index in [1.807, 2.05) is 6.07 Å². The molecule has 0 radical (unpaired) electrons. The standard InChI is InChI=1S/C24H24F3N5O3/c25-24(26,27)20-5-3-16(4-6-20)18-12-19(15-32(14-18)23(33)31-8-10-34-11-9-31)22-29-21(30-35-22)17-2-1-7-28-13-17/h1-7,13,18-19H,8-12,14-15H2. The average molecular weight is 487 g/mol. The highest BCUT2D eigenvalue weighted by atomic mass is 19.4. The smallest absolute Gasteiger partial charge is 0.378 e. The van der Waals surface area contributed by atoms with Crippen molar-refractivity contribution >= 4 is 6.03 Å². The van der Waals surface area contributed by atoms with Gasteiger partial charge >= 0.3 is 12.2 Å². The van der Waals surface area contributed by atoms with Gasteiger partial charge in [0.25, 0.3) is 0 Å². The molecule has 0 bridgehead atoms. The van der Waals surface area contributed by atoms with Crippen LogP contribution in [-0.4, -0.2) is 70.3 Å². The van der Waals surface area contributed by atoms with Crippen molar-refractivity contribution in [3.8, 4) is 11.4 Å². The van der Waals surface area contributed by atoms with Crippen molar-refractivity contribution in [2.24, 2.45) is 0 Å². The largest absolute Gasteiger partial charge is 0.416 e. The third-order valence-corrected chi connectivity index (χ3v) is 6.42. The Labute approximate surface area is 199 Å². The minimum Gasteiger partial charge on any atom is -0.378 e. The number of urea groups is 1. The maximum atomic E-state index is 13.3. The number of amides is 2. The molecule has 3 aromatic rings. The third kappa shape index (κ3) is 5.14. The van der Waals surface area contributed by atoms with E-state index in [0.717, 1.165) is 17.7 Å². The number of alkyl halides is 3. The molecule has 0 saturated carbocycles. The molecule has 2 aromatic heterocycles. The molecule has 2 atom stereocenters. The van der Waals surface area contributed by atoms with Crippen LogP contribution >= 0.6 is 0 Å². The SMILES string of the molecule is O=C(N1CCOCC1)N1CC(c2ccc(C(F)(F)F)cc2)CC(c2nc(-c3cccnc3)no2)C1. The second-order valence-corrected chi connectivity index (χ2v) is 8.73. The molecule has 2 fully saturated rings. The quantitative estimate of drug-likeness (QED) is 0.551. The fourth-order valence-corrected chi connectivity index (χ4v) is 4.59. The second-order valence-electron chi connectivity index (χ2n) is 8.73. The van der Waals surface area contributed by atoms with Gasteiger partial charge in [-0.25, -0.2) is 4.79 Å². The van der Waals surface area contributed by atoms with E-state index in [4.69, 9.17) is 9.26 Å². The molecule has 11 heteroatoms. The molecule has 2 aliphatic rings. The third-order valence-electron chi connectivity index (χ3n) is 6.42. The van der Waals surface area contributed by atoms with Gasteiger partial charge in [0.2, 0.25) is 11.7 Å². The van der Waals surface area contributed by atoms with Crippen LogP contribution in [0.25, 0.3) is 11.4 Å². The predicted molar refractivity (Wildman–Crippen MR) is 118 cm³/mol. The molecule has 2 unspecified atom stereocenters. The summed E-state index contributed by atoms with van der Waals surface area (Å²) in [4.78, 5) is 25.4. The molecule has 35 heavy (non-hydrogen) atoms. The number of rotatable bonds is 3. The zero-order chi connectivity index (χ0) is 24.4. The lowest BCUT2D eigenvalue weighted by Crippen LogP contribution is -2.52. The Hall–Kier alpha value is -3.47. The van der Waals surface area contributed by atoms with E-state index in [1.54, 1.807) is 28.3 Å². The molecular formula is C24H24F3N5O3. The molecular weight excluding hydrogens is 463 g/mol. The van der Waals surface area contributed by atoms with Crippen molar-refractivity contribution in [1.29, 1.82) is 0 Å². The molecule has 1 aromatic carbocycles. The topological polar surface area (TPSA) is 84.6 Å². The summed E-state index contributed by atoms with van der Waals surface area (Å²) >= 11 is 0. The zero-order valence-electron chi connectivity index (χ0n) is 18.8. The number of morpholine rings is 1. The van der Waals surface area contributed by atoms with Gasteiger partial charge in [-0.1, -0.05) is 17.3 Å². The lowest BCUT2D eigenvalue weighted by Gasteiger charge is -2.40. The number of carbonyl (C=O) groups is 1. The summed E-state index contributed by atoms with van der Waals surface area (Å²) in [5, 5.41) is 4.08. The first-order valence-corrected chi connectivity index (χ1v) is 11.4. The van der Waals surface area contributed by atoms with Crippen LogP contribution in [0.15, 0.2) is 53.3 Å². The van der Waals surface area contributed by atoms with E-state index in [-0.39, 0.29) is 17.9 Å². The summed E-state index contributed by atoms with van der Waals surface area (Å²) in [6.45, 7) is 2.71. The normalized spacial score (nSPS) is 21.2. The summed E-state index contributed by atoms with van der Waals surface area (Å²) in [5.74, 6) is 0.338. The first-order valence-electron chi connectivity index (χ1n) is 11.4. The lowest BCUT2D eigenvalue weighted by molar-refractivity contribution is -0.137. The molecule has 0 N–H and O–H groups in total. The number of pyridine rings is 1. The zero-order valence-corrected chi connectivity index (χ0v) is 18.8. The number of piperidine rings is 1. The van der Waals surface area contributed by atoms with Gasteiger partial charge in [0.05, 0.1) is 24.7 Å². The van der Waals surface area contributed by atoms with E-state index in [1.165, 1.54) is 12.1 Å². The predicted octanol–water partition coefficient (Wildman–Crippen LogP) is 4.18. The number of ether oxygens (including phenoxy) is 1. The fourth-order valence-electron chi connectivity index (χ4n) is 4.59. The number of likely N-dealkylation sites (tertiary alicyclic amines) is 1. The van der Waals surface area contributed by atoms with Crippen LogP contribution < -0.4 is 0 Å². The van der Waals surface area contributed by atoms with Gasteiger partial charge in [-0.2, -0.15) is 18.2 Å². The molecule has 0 aliphatic carbocycles. The minimum absolute atomic E-state index is 0.123. The molecule has 4 heterocycles. The molecule has 0 spiro atoms. The van der Waals surface area contributed by atoms with Crippen molar-refractivity contribution in [3.05, 3.63) is 65.8 Å². The Morgan fingerprint density at radius 1 is 1.00 bits per heavy atom. The summed E-state index contributed by atoms with van der Waals surface area (Å²) in [7, 11) is 0. The number of halogens is 3. The van der Waals surface area contributed by atoms with E-state index >= 15 is 0 Å². The van der Waals surface area contributed by atoms with Crippen LogP contribution in [0.4, 0.5) is 18.0 Å². The number of aromatic nitrogens is 3. The van der Waals surface area contributed by atoms with Crippen LogP contribution in [0.1, 0.15) is 35.3 Å². The first-order chi connectivity index (χ1) is 16.9. The Bertz CT molecular complexity index is 1150. The van der Waals surface area contributed by atoms with Crippen molar-refractivity contribution in [2.45, 2.75) is 24.4 Å². The minimum atomic E-state index is -4.40. The van der Waals surface area contributed by atoms with Crippen molar-refractivity contribution in [2.75, 3.05) is 39.4 Å². The molecule has 8 nitrogen and oxygen atoms in total. The first kappa shape index (κ1) is 23.3. The Morgan fingerprint density at radius 3 is 2.43 bits per heavy atom. The van der Waals surface area contributed by atoms with E-state index in [0.29, 0.717) is 63.1 Å². The van der Waals surface area contributed by atoms with E-state index in [9.17, 15) is 18.0 Å². The van der Waals surface area contributed by atoms with Crippen LogP contribution in [0.5, 0.6) is 0 Å². The molecule has 184 valence electrons. The van der Waals surface area contributed by atoms with Gasteiger partial charge in [-0.15, -0.1) is 0 Å². The number of hydrogen-bond acceptors (Lipinski definition) is 6. The van der Waals surface area contributed by atoms with Crippen LogP contribution in [0, 0.1) is 0 Å². The Balaban J connectivity index is 1.41. The summed E-state index contributed by atoms with van der Waals surface area (Å²) in [5.41, 5.74) is 0.737. The number of nitrogens with zero attached hydrogens (tertiary/aromatic N) is 5. The van der Waals surface area contributed by atoms with Gasteiger partial charge < -0.3 is 19.1 Å². The highest BCUT2D eigenvalue weighted by Crippen LogP contribution is 2.37. The monoisotopic (exact) mass is 487 g/mol. The van der Waals surface area contributed by atoms with Crippen LogP contribution in [-0.2, 0) is 10.9 Å². The second kappa shape index (κ2) is 9.65. The lowest BCUT2D eigenvalue weighted by atomic mass is 9.84. The maximum Gasteiger partial charge on any atom is 0.416 e. The van der Waals surface area contributed by atoms with Gasteiger partial charge in [0.1, 0.15) is 0 Å². The van der Waals surface area contributed by atoms with E-state index in [2.05, 4.69) is 15.1 Å². The van der Waals surface area contributed by atoms with Gasteiger partial charge in [0, 0.05) is 50.1 Å². The highest BCUT2D eigenvalue weighted by molar-refractivity contribution is 5.75. The fraction of sp³-hybridized carbons (Fsp3) is 0.417. The van der Waals surface area contributed by atoms with Crippen molar-refractivity contribution in [1.82, 2.24) is 24.9 Å². The molecule has 2 amide bonds. The Kier molecular flexibility index (Phi) is 6.42. The summed E-state index contributed by atoms with van der Waals surface area (Å²) in [6, 6.07) is 8.61. The molecule has 2 aliphatic heterocycles. The molecule has 2 saturated heterocycles. The maximum absolute atomic E-state index is 13.3. The average Bonchev–Trinajstić information content (AvgIpc) is 3.39.